The first-order chi connectivity index (χ1) is 10.5. The van der Waals surface area contributed by atoms with Gasteiger partial charge < -0.3 is 15.4 Å². The number of carbonyl (C=O) groups excluding carboxylic acids is 1. The third-order valence-electron chi connectivity index (χ3n) is 3.60. The van der Waals surface area contributed by atoms with E-state index in [1.165, 1.54) is 23.1 Å². The summed E-state index contributed by atoms with van der Waals surface area (Å²) in [6.45, 7) is 7.72. The van der Waals surface area contributed by atoms with E-state index in [1.54, 1.807) is 0 Å². The van der Waals surface area contributed by atoms with Crippen LogP contribution in [0.1, 0.15) is 40.0 Å². The van der Waals surface area contributed by atoms with E-state index >= 15 is 0 Å². The van der Waals surface area contributed by atoms with Gasteiger partial charge in [0, 0.05) is 18.7 Å². The zero-order valence-corrected chi connectivity index (χ0v) is 15.0. The summed E-state index contributed by atoms with van der Waals surface area (Å²) in [7, 11) is 0. The van der Waals surface area contributed by atoms with E-state index < -0.39 is 0 Å². The smallest absolute Gasteiger partial charge is 0.230 e. The Hall–Kier alpha value is -0.860. The maximum absolute atomic E-state index is 11.9. The van der Waals surface area contributed by atoms with E-state index in [1.807, 2.05) is 13.8 Å². The normalized spacial score (nSPS) is 18.4. The zero-order valence-electron chi connectivity index (χ0n) is 13.3. The molecule has 8 heteroatoms. The van der Waals surface area contributed by atoms with Crippen molar-refractivity contribution in [3.05, 3.63) is 0 Å². The lowest BCUT2D eigenvalue weighted by molar-refractivity contribution is -0.120. The van der Waals surface area contributed by atoms with E-state index in [9.17, 15) is 4.79 Å². The number of rotatable bonds is 8. The monoisotopic (exact) mass is 344 g/mol. The van der Waals surface area contributed by atoms with Crippen LogP contribution in [0.5, 0.6) is 0 Å². The molecule has 2 N–H and O–H groups in total. The predicted molar refractivity (Wildman–Crippen MR) is 90.6 cm³/mol. The summed E-state index contributed by atoms with van der Waals surface area (Å²) in [5.41, 5.74) is -0.160. The van der Waals surface area contributed by atoms with Gasteiger partial charge in [0.05, 0.1) is 11.9 Å². The third kappa shape index (κ3) is 5.73. The van der Waals surface area contributed by atoms with Gasteiger partial charge in [0.25, 0.3) is 0 Å². The van der Waals surface area contributed by atoms with E-state index in [4.69, 9.17) is 4.74 Å². The number of nitrogens with zero attached hydrogens (tertiary/aromatic N) is 2. The fourth-order valence-electron chi connectivity index (χ4n) is 1.98. The molecule has 0 aromatic carbocycles. The fourth-order valence-corrected chi connectivity index (χ4v) is 3.53. The molecule has 2 heterocycles. The molecule has 0 radical (unpaired) electrons. The van der Waals surface area contributed by atoms with Gasteiger partial charge in [-0.25, -0.2) is 0 Å². The molecule has 1 fully saturated rings. The second kappa shape index (κ2) is 8.12. The molecule has 1 atom stereocenters. The molecule has 22 heavy (non-hydrogen) atoms. The first kappa shape index (κ1) is 17.5. The van der Waals surface area contributed by atoms with E-state index in [-0.39, 0.29) is 17.6 Å². The van der Waals surface area contributed by atoms with Gasteiger partial charge in [-0.3, -0.25) is 4.79 Å². The summed E-state index contributed by atoms with van der Waals surface area (Å²) in [6.07, 6.45) is 3.41. The fraction of sp³-hybridized carbons (Fsp3) is 0.786. The van der Waals surface area contributed by atoms with Crippen LogP contribution in [-0.2, 0) is 9.53 Å². The van der Waals surface area contributed by atoms with Crippen molar-refractivity contribution in [3.8, 4) is 0 Å². The molecular weight excluding hydrogens is 320 g/mol. The largest absolute Gasteiger partial charge is 0.376 e. The average molecular weight is 345 g/mol. The summed E-state index contributed by atoms with van der Waals surface area (Å²) in [5.74, 6) is 0.394. The van der Waals surface area contributed by atoms with Crippen LogP contribution in [0, 0.1) is 0 Å². The highest BCUT2D eigenvalue weighted by Crippen LogP contribution is 2.26. The number of amides is 1. The molecular formula is C14H24N4O2S2. The van der Waals surface area contributed by atoms with Gasteiger partial charge in [-0.2, -0.15) is 0 Å². The number of nitrogens with one attached hydrogen (secondary N) is 2. The molecule has 1 amide bonds. The molecule has 124 valence electrons. The minimum atomic E-state index is -0.160. The summed E-state index contributed by atoms with van der Waals surface area (Å²) >= 11 is 2.90. The van der Waals surface area contributed by atoms with Crippen LogP contribution in [0.15, 0.2) is 4.34 Å². The van der Waals surface area contributed by atoms with Crippen LogP contribution < -0.4 is 10.6 Å². The summed E-state index contributed by atoms with van der Waals surface area (Å²) in [5, 5.41) is 15.2. The average Bonchev–Trinajstić information content (AvgIpc) is 3.14. The number of hydrogen-bond donors (Lipinski definition) is 2. The number of anilines is 1. The Morgan fingerprint density at radius 1 is 1.50 bits per heavy atom. The second-order valence-corrected chi connectivity index (χ2v) is 8.16. The molecule has 2 rings (SSSR count). The summed E-state index contributed by atoms with van der Waals surface area (Å²) in [4.78, 5) is 11.9. The quantitative estimate of drug-likeness (QED) is 0.706. The Morgan fingerprint density at radius 2 is 2.32 bits per heavy atom. The maximum Gasteiger partial charge on any atom is 0.230 e. The topological polar surface area (TPSA) is 76.1 Å². The molecule has 1 unspecified atom stereocenters. The Morgan fingerprint density at radius 3 is 3.00 bits per heavy atom. The van der Waals surface area contributed by atoms with Crippen LogP contribution in [0.25, 0.3) is 0 Å². The second-order valence-electron chi connectivity index (χ2n) is 5.96. The third-order valence-corrected chi connectivity index (χ3v) is 5.61. The van der Waals surface area contributed by atoms with Crippen LogP contribution in [0.3, 0.4) is 0 Å². The van der Waals surface area contributed by atoms with Gasteiger partial charge >= 0.3 is 0 Å². The van der Waals surface area contributed by atoms with Crippen molar-refractivity contribution in [2.45, 2.75) is 56.0 Å². The minimum Gasteiger partial charge on any atom is -0.376 e. The highest BCUT2D eigenvalue weighted by atomic mass is 32.2. The predicted octanol–water partition coefficient (Wildman–Crippen LogP) is 2.53. The van der Waals surface area contributed by atoms with Gasteiger partial charge in [-0.05, 0) is 33.1 Å². The van der Waals surface area contributed by atoms with E-state index in [0.717, 1.165) is 41.9 Å². The van der Waals surface area contributed by atoms with Crippen LogP contribution >= 0.6 is 23.1 Å². The van der Waals surface area contributed by atoms with Crippen LogP contribution in [0.4, 0.5) is 5.13 Å². The minimum absolute atomic E-state index is 0.0286. The first-order valence-electron chi connectivity index (χ1n) is 7.61. The van der Waals surface area contributed by atoms with Crippen molar-refractivity contribution >= 4 is 34.1 Å². The molecule has 1 saturated heterocycles. The Kier molecular flexibility index (Phi) is 6.46. The molecule has 0 saturated carbocycles. The van der Waals surface area contributed by atoms with Crippen molar-refractivity contribution in [3.63, 3.8) is 0 Å². The molecule has 1 aliphatic rings. The van der Waals surface area contributed by atoms with E-state index in [2.05, 4.69) is 27.8 Å². The Labute approximate surface area is 139 Å². The highest BCUT2D eigenvalue weighted by molar-refractivity contribution is 8.01. The lowest BCUT2D eigenvalue weighted by Gasteiger charge is -2.24. The molecule has 6 nitrogen and oxygen atoms in total. The highest BCUT2D eigenvalue weighted by Gasteiger charge is 2.19. The van der Waals surface area contributed by atoms with Crippen LogP contribution in [-0.4, -0.2) is 46.7 Å². The molecule has 1 aromatic rings. The number of thioether (sulfide) groups is 1. The number of ether oxygens (including phenoxy) is 1. The lowest BCUT2D eigenvalue weighted by atomic mass is 10.0. The first-order valence-corrected chi connectivity index (χ1v) is 9.41. The number of hydrogen-bond acceptors (Lipinski definition) is 7. The van der Waals surface area contributed by atoms with Gasteiger partial charge in [0.2, 0.25) is 11.0 Å². The molecule has 0 bridgehead atoms. The molecule has 0 spiro atoms. The lowest BCUT2D eigenvalue weighted by Crippen LogP contribution is -2.43. The maximum atomic E-state index is 11.9. The van der Waals surface area contributed by atoms with Crippen LogP contribution in [0.2, 0.25) is 0 Å². The van der Waals surface area contributed by atoms with Crippen molar-refractivity contribution in [2.24, 2.45) is 0 Å². The zero-order chi connectivity index (χ0) is 16.0. The molecule has 1 aromatic heterocycles. The van der Waals surface area contributed by atoms with Gasteiger partial charge in [0.1, 0.15) is 0 Å². The Balaban J connectivity index is 1.71. The Bertz CT molecular complexity index is 487. The van der Waals surface area contributed by atoms with Crippen molar-refractivity contribution in [1.82, 2.24) is 15.5 Å². The van der Waals surface area contributed by atoms with Crippen molar-refractivity contribution < 1.29 is 9.53 Å². The van der Waals surface area contributed by atoms with E-state index in [0.29, 0.717) is 5.75 Å². The SMILES string of the molecule is CCC(C)(C)NC(=O)CSc1nnc(NCC2CCCO2)s1. The number of aromatic nitrogens is 2. The molecule has 0 aliphatic carbocycles. The summed E-state index contributed by atoms with van der Waals surface area (Å²) < 4.78 is 6.36. The van der Waals surface area contributed by atoms with Gasteiger partial charge in [-0.15, -0.1) is 10.2 Å². The summed E-state index contributed by atoms with van der Waals surface area (Å²) in [6, 6.07) is 0. The van der Waals surface area contributed by atoms with Gasteiger partial charge in [0.15, 0.2) is 4.34 Å². The van der Waals surface area contributed by atoms with Gasteiger partial charge in [-0.1, -0.05) is 30.0 Å². The van der Waals surface area contributed by atoms with Crippen molar-refractivity contribution in [2.75, 3.05) is 24.2 Å². The molecule has 1 aliphatic heterocycles. The number of carbonyl (C=O) groups is 1. The standard InChI is InChI=1S/C14H24N4O2S2/c1-4-14(2,3)16-11(19)9-21-13-18-17-12(22-13)15-8-10-6-5-7-20-10/h10H,4-9H2,1-3H3,(H,15,17)(H,16,19). The van der Waals surface area contributed by atoms with Crippen molar-refractivity contribution in [1.29, 1.82) is 0 Å².